The lowest BCUT2D eigenvalue weighted by molar-refractivity contribution is 0.656. The summed E-state index contributed by atoms with van der Waals surface area (Å²) >= 11 is 9.35. The van der Waals surface area contributed by atoms with Crippen LogP contribution in [-0.2, 0) is 12.3 Å². The Bertz CT molecular complexity index is 528. The van der Waals surface area contributed by atoms with E-state index < -0.39 is 0 Å². The molecule has 1 aliphatic rings. The van der Waals surface area contributed by atoms with E-state index in [2.05, 4.69) is 14.8 Å². The van der Waals surface area contributed by atoms with Gasteiger partial charge in [0.2, 0.25) is 0 Å². The molecule has 0 radical (unpaired) electrons. The van der Waals surface area contributed by atoms with Crippen molar-refractivity contribution in [1.29, 1.82) is 0 Å². The van der Waals surface area contributed by atoms with Crippen LogP contribution < -0.4 is 0 Å². The predicted octanol–water partition coefficient (Wildman–Crippen LogP) is 3.75. The summed E-state index contributed by atoms with van der Waals surface area (Å²) in [5, 5.41) is 11.2. The first-order chi connectivity index (χ1) is 8.33. The number of fused-ring (bicyclic) bond motifs is 1. The van der Waals surface area contributed by atoms with Crippen molar-refractivity contribution in [1.82, 2.24) is 14.8 Å². The summed E-state index contributed by atoms with van der Waals surface area (Å²) in [6.07, 6.45) is 0. The molecule has 0 spiro atoms. The van der Waals surface area contributed by atoms with Gasteiger partial charge >= 0.3 is 0 Å². The van der Waals surface area contributed by atoms with Crippen molar-refractivity contribution in [2.24, 2.45) is 0 Å². The lowest BCUT2D eigenvalue weighted by atomic mass is 10.2. The van der Waals surface area contributed by atoms with Gasteiger partial charge in [-0.25, -0.2) is 0 Å². The summed E-state index contributed by atoms with van der Waals surface area (Å²) < 4.78 is 2.19. The predicted molar refractivity (Wildman–Crippen MR) is 79.0 cm³/mol. The van der Waals surface area contributed by atoms with Gasteiger partial charge in [-0.3, -0.25) is 4.57 Å². The Kier molecular flexibility index (Phi) is 4.84. The minimum atomic E-state index is 0. The molecule has 3 rings (SSSR count). The Labute approximate surface area is 125 Å². The Hall–Kier alpha value is -0.360. The molecule has 0 unspecified atom stereocenters. The number of aromatic nitrogens is 3. The molecule has 1 aliphatic heterocycles. The zero-order valence-electron chi connectivity index (χ0n) is 9.38. The van der Waals surface area contributed by atoms with E-state index >= 15 is 0 Å². The lowest BCUT2D eigenvalue weighted by Crippen LogP contribution is -1.96. The van der Waals surface area contributed by atoms with Crippen LogP contribution in [0.15, 0.2) is 34.6 Å². The van der Waals surface area contributed by atoms with E-state index in [1.807, 2.05) is 24.3 Å². The van der Waals surface area contributed by atoms with Gasteiger partial charge in [0, 0.05) is 23.1 Å². The first kappa shape index (κ1) is 14.1. The first-order valence-corrected chi connectivity index (χ1v) is 7.61. The van der Waals surface area contributed by atoms with Gasteiger partial charge in [0.05, 0.1) is 0 Å². The molecule has 1 aromatic heterocycles. The largest absolute Gasteiger partial charge is 0.296 e. The second-order valence-electron chi connectivity index (χ2n) is 3.68. The van der Waals surface area contributed by atoms with Crippen LogP contribution in [0.3, 0.4) is 0 Å². The number of nitrogens with zero attached hydrogens (tertiary/aromatic N) is 3. The Balaban J connectivity index is 0.00000120. The van der Waals surface area contributed by atoms with E-state index in [9.17, 15) is 0 Å². The van der Waals surface area contributed by atoms with Crippen LogP contribution >= 0.6 is 47.5 Å². The molecule has 1 aromatic carbocycles. The minimum absolute atomic E-state index is 0. The van der Waals surface area contributed by atoms with Gasteiger partial charge < -0.3 is 0 Å². The highest BCUT2D eigenvalue weighted by Gasteiger charge is 2.17. The topological polar surface area (TPSA) is 30.7 Å². The third-order valence-electron chi connectivity index (χ3n) is 2.51. The van der Waals surface area contributed by atoms with Gasteiger partial charge in [0.15, 0.2) is 10.3 Å². The molecule has 0 atom stereocenters. The van der Waals surface area contributed by atoms with Gasteiger partial charge in [-0.05, 0) is 17.7 Å². The van der Waals surface area contributed by atoms with Crippen LogP contribution in [0.4, 0.5) is 0 Å². The Morgan fingerprint density at radius 1 is 1.28 bits per heavy atom. The van der Waals surface area contributed by atoms with E-state index in [4.69, 9.17) is 11.6 Å². The molecular weight excluding hydrogens is 309 g/mol. The monoisotopic (exact) mass is 319 g/mol. The van der Waals surface area contributed by atoms with E-state index in [-0.39, 0.29) is 12.4 Å². The molecule has 18 heavy (non-hydrogen) atoms. The molecule has 0 saturated heterocycles. The average Bonchev–Trinajstić information content (AvgIpc) is 2.91. The highest BCUT2D eigenvalue weighted by Crippen LogP contribution is 2.30. The maximum absolute atomic E-state index is 5.85. The van der Waals surface area contributed by atoms with Gasteiger partial charge in [-0.2, -0.15) is 0 Å². The number of rotatable bonds is 3. The molecule has 0 saturated carbocycles. The Morgan fingerprint density at radius 3 is 2.83 bits per heavy atom. The van der Waals surface area contributed by atoms with Crippen molar-refractivity contribution in [2.75, 3.05) is 5.75 Å². The van der Waals surface area contributed by atoms with Crippen molar-refractivity contribution in [3.8, 4) is 0 Å². The molecule has 0 N–H and O–H groups in total. The Morgan fingerprint density at radius 2 is 2.06 bits per heavy atom. The molecule has 7 heteroatoms. The number of thioether (sulfide) groups is 2. The van der Waals surface area contributed by atoms with E-state index in [1.54, 1.807) is 23.5 Å². The van der Waals surface area contributed by atoms with Gasteiger partial charge in [-0.15, -0.1) is 22.6 Å². The zero-order chi connectivity index (χ0) is 11.7. The summed E-state index contributed by atoms with van der Waals surface area (Å²) in [5.41, 5.74) is 1.25. The molecule has 2 heterocycles. The van der Waals surface area contributed by atoms with Crippen LogP contribution in [0.25, 0.3) is 0 Å². The second kappa shape index (κ2) is 6.19. The van der Waals surface area contributed by atoms with Crippen molar-refractivity contribution < 1.29 is 0 Å². The maximum atomic E-state index is 5.85. The van der Waals surface area contributed by atoms with Crippen LogP contribution in [0, 0.1) is 0 Å². The van der Waals surface area contributed by atoms with Crippen molar-refractivity contribution in [3.63, 3.8) is 0 Å². The number of hydrogen-bond acceptors (Lipinski definition) is 4. The first-order valence-electron chi connectivity index (χ1n) is 5.26. The molecule has 0 aliphatic carbocycles. The minimum Gasteiger partial charge on any atom is -0.296 e. The highest BCUT2D eigenvalue weighted by molar-refractivity contribution is 7.99. The van der Waals surface area contributed by atoms with Crippen LogP contribution in [0.1, 0.15) is 5.56 Å². The molecule has 0 fully saturated rings. The fraction of sp³-hybridized carbons (Fsp3) is 0.273. The van der Waals surface area contributed by atoms with E-state index in [1.165, 1.54) is 5.56 Å². The third-order valence-corrected chi connectivity index (χ3v) is 4.75. The van der Waals surface area contributed by atoms with Crippen molar-refractivity contribution >= 4 is 47.5 Å². The van der Waals surface area contributed by atoms with Gasteiger partial charge in [-0.1, -0.05) is 47.3 Å². The molecule has 0 bridgehead atoms. The molecule has 3 nitrogen and oxygen atoms in total. The number of hydrogen-bond donors (Lipinski definition) is 0. The SMILES string of the molecule is Cl.Clc1ccc(CSc2nnc3n2CCS3)cc1. The molecule has 96 valence electrons. The molecular formula is C11H11Cl2N3S2. The smallest absolute Gasteiger partial charge is 0.192 e. The third kappa shape index (κ3) is 2.96. The van der Waals surface area contributed by atoms with Crippen molar-refractivity contribution in [2.45, 2.75) is 22.6 Å². The van der Waals surface area contributed by atoms with Gasteiger partial charge in [0.1, 0.15) is 0 Å². The van der Waals surface area contributed by atoms with Crippen LogP contribution in [0.5, 0.6) is 0 Å². The summed E-state index contributed by atoms with van der Waals surface area (Å²) in [5.74, 6) is 2.01. The van der Waals surface area contributed by atoms with Crippen molar-refractivity contribution in [3.05, 3.63) is 34.9 Å². The van der Waals surface area contributed by atoms with Crippen LogP contribution in [-0.4, -0.2) is 20.5 Å². The van der Waals surface area contributed by atoms with Gasteiger partial charge in [0.25, 0.3) is 0 Å². The highest BCUT2D eigenvalue weighted by atomic mass is 35.5. The normalized spacial score (nSPS) is 13.2. The summed E-state index contributed by atoms with van der Waals surface area (Å²) in [6.45, 7) is 1.02. The van der Waals surface area contributed by atoms with Crippen LogP contribution in [0.2, 0.25) is 5.02 Å². The number of halogens is 2. The lowest BCUT2D eigenvalue weighted by Gasteiger charge is -2.02. The second-order valence-corrected chi connectivity index (χ2v) is 6.12. The maximum Gasteiger partial charge on any atom is 0.192 e. The zero-order valence-corrected chi connectivity index (χ0v) is 12.6. The summed E-state index contributed by atoms with van der Waals surface area (Å²) in [4.78, 5) is 0. The quantitative estimate of drug-likeness (QED) is 0.806. The number of benzene rings is 1. The fourth-order valence-electron chi connectivity index (χ4n) is 1.64. The van der Waals surface area contributed by atoms with E-state index in [0.29, 0.717) is 0 Å². The fourth-order valence-corrected chi connectivity index (χ4v) is 3.63. The molecule has 0 amide bonds. The standard InChI is InChI=1S/C11H10ClN3S2.ClH/c12-9-3-1-8(2-4-9)7-17-11-14-13-10-15(11)5-6-16-10;/h1-4H,5-7H2;1H. The van der Waals surface area contributed by atoms with E-state index in [0.717, 1.165) is 33.4 Å². The average molecular weight is 320 g/mol. The molecule has 2 aromatic rings. The summed E-state index contributed by atoms with van der Waals surface area (Å²) in [6, 6.07) is 7.93. The summed E-state index contributed by atoms with van der Waals surface area (Å²) in [7, 11) is 0.